The van der Waals surface area contributed by atoms with E-state index in [1.807, 2.05) is 86.6 Å². The minimum Gasteiger partial charge on any atom is -0.507 e. The highest BCUT2D eigenvalue weighted by atomic mass is 16.3. The van der Waals surface area contributed by atoms with Gasteiger partial charge in [-0.1, -0.05) is 65.8 Å². The van der Waals surface area contributed by atoms with Gasteiger partial charge in [-0.2, -0.15) is 0 Å². The lowest BCUT2D eigenvalue weighted by Crippen LogP contribution is -2.38. The molecule has 1 saturated heterocycles. The number of fused-ring (bicyclic) bond motifs is 2. The maximum absolute atomic E-state index is 13.8. The van der Waals surface area contributed by atoms with Crippen LogP contribution in [-0.2, 0) is 9.59 Å². The molecule has 6 rings (SSSR count). The highest BCUT2D eigenvalue weighted by Crippen LogP contribution is 2.47. The van der Waals surface area contributed by atoms with E-state index >= 15 is 0 Å². The van der Waals surface area contributed by atoms with Crippen LogP contribution in [0.5, 0.6) is 5.75 Å². The van der Waals surface area contributed by atoms with Crippen LogP contribution >= 0.6 is 0 Å². The number of nitrogens with one attached hydrogen (secondary N) is 1. The molecule has 0 unspecified atom stereocenters. The molecule has 2 aliphatic rings. The van der Waals surface area contributed by atoms with Crippen molar-refractivity contribution in [3.63, 3.8) is 0 Å². The summed E-state index contributed by atoms with van der Waals surface area (Å²) >= 11 is 0. The lowest BCUT2D eigenvalue weighted by molar-refractivity contribution is -0.123. The van der Waals surface area contributed by atoms with Gasteiger partial charge < -0.3 is 20.6 Å². The van der Waals surface area contributed by atoms with Crippen LogP contribution in [0.1, 0.15) is 38.7 Å². The van der Waals surface area contributed by atoms with Crippen molar-refractivity contribution < 1.29 is 24.9 Å². The van der Waals surface area contributed by atoms with E-state index in [-0.39, 0.29) is 24.2 Å². The van der Waals surface area contributed by atoms with Crippen molar-refractivity contribution in [2.24, 2.45) is 17.8 Å². The first-order chi connectivity index (χ1) is 21.8. The summed E-state index contributed by atoms with van der Waals surface area (Å²) in [4.78, 5) is 28.7. The van der Waals surface area contributed by atoms with Gasteiger partial charge in [0.1, 0.15) is 5.75 Å². The molecule has 4 N–H and O–H groups in total. The second kappa shape index (κ2) is 12.7. The molecular weight excluding hydrogens is 564 g/mol. The highest BCUT2D eigenvalue weighted by Gasteiger charge is 2.54. The van der Waals surface area contributed by atoms with E-state index in [9.17, 15) is 24.9 Å². The molecule has 1 aliphatic carbocycles. The fourth-order valence-electron chi connectivity index (χ4n) is 7.04. The number of carbonyl (C=O) groups excluding carboxylic acids is 2. The quantitative estimate of drug-likeness (QED) is 0.122. The molecule has 4 aromatic carbocycles. The molecule has 0 radical (unpaired) electrons. The maximum Gasteiger partial charge on any atom is 0.238 e. The monoisotopic (exact) mass is 602 g/mol. The van der Waals surface area contributed by atoms with Gasteiger partial charge in [0.2, 0.25) is 11.8 Å². The molecule has 0 bridgehead atoms. The van der Waals surface area contributed by atoms with Crippen LogP contribution in [0.25, 0.3) is 16.8 Å². The molecular formula is C38H38N2O5. The molecule has 0 spiro atoms. The SMILES string of the molecule is CC1=C([C@H](O)CC/C(C)=C/c2ccc(O)c3ccccc23)[C@H](CO)[C@@H]2C(=O)N(c3ccc(Nc4ccccc4)cc3)C(=O)[C@@H]2C1. The summed E-state index contributed by atoms with van der Waals surface area (Å²) in [5, 5.41) is 37.2. The zero-order chi connectivity index (χ0) is 31.7. The number of allylic oxidation sites excluding steroid dienone is 2. The molecule has 4 aromatic rings. The zero-order valence-electron chi connectivity index (χ0n) is 25.5. The van der Waals surface area contributed by atoms with E-state index in [1.54, 1.807) is 18.2 Å². The van der Waals surface area contributed by atoms with Crippen LogP contribution in [0.4, 0.5) is 17.1 Å². The first-order valence-electron chi connectivity index (χ1n) is 15.4. The number of amides is 2. The van der Waals surface area contributed by atoms with E-state index in [0.29, 0.717) is 30.5 Å². The Labute approximate surface area is 263 Å². The minimum absolute atomic E-state index is 0.236. The van der Waals surface area contributed by atoms with E-state index in [0.717, 1.165) is 38.9 Å². The molecule has 7 heteroatoms. The lowest BCUT2D eigenvalue weighted by atomic mass is 9.68. The molecule has 45 heavy (non-hydrogen) atoms. The fraction of sp³-hybridized carbons (Fsp3) is 0.263. The Bertz CT molecular complexity index is 1790. The number of hydrogen-bond donors (Lipinski definition) is 4. The Balaban J connectivity index is 1.17. The first-order valence-corrected chi connectivity index (χ1v) is 15.4. The topological polar surface area (TPSA) is 110 Å². The minimum atomic E-state index is -0.858. The summed E-state index contributed by atoms with van der Waals surface area (Å²) in [5.41, 5.74) is 5.84. The third kappa shape index (κ3) is 5.89. The average molecular weight is 603 g/mol. The molecule has 0 saturated carbocycles. The number of rotatable bonds is 9. The number of nitrogens with zero attached hydrogens (tertiary/aromatic N) is 1. The predicted octanol–water partition coefficient (Wildman–Crippen LogP) is 6.97. The smallest absolute Gasteiger partial charge is 0.238 e. The van der Waals surface area contributed by atoms with Gasteiger partial charge >= 0.3 is 0 Å². The van der Waals surface area contributed by atoms with Crippen molar-refractivity contribution in [3.05, 3.63) is 113 Å². The summed E-state index contributed by atoms with van der Waals surface area (Å²) in [7, 11) is 0. The number of aromatic hydroxyl groups is 1. The molecule has 1 aliphatic heterocycles. The van der Waals surface area contributed by atoms with Crippen molar-refractivity contribution in [1.29, 1.82) is 0 Å². The number of benzene rings is 4. The standard InChI is InChI=1S/C38H38N2O5/c1-23(20-25-13-19-33(42)30-11-7-6-10-29(25)30)12-18-34(43)35-24(2)21-31-36(32(35)22-41)38(45)40(37(31)44)28-16-14-27(15-17-28)39-26-8-4-3-5-9-26/h3-11,13-17,19-20,31-32,34,36,39,41-43H,12,18,21-22H2,1-2H3/b23-20+/t31-,32+,34-,36-/m1/s1. The van der Waals surface area contributed by atoms with Gasteiger partial charge in [0.25, 0.3) is 0 Å². The summed E-state index contributed by atoms with van der Waals surface area (Å²) < 4.78 is 0. The third-order valence-electron chi connectivity index (χ3n) is 9.22. The summed E-state index contributed by atoms with van der Waals surface area (Å²) in [5.74, 6) is -2.29. The third-order valence-corrected chi connectivity index (χ3v) is 9.22. The van der Waals surface area contributed by atoms with Crippen molar-refractivity contribution in [2.45, 2.75) is 39.2 Å². The number of aliphatic hydroxyl groups is 2. The second-order valence-corrected chi connectivity index (χ2v) is 12.2. The number of aliphatic hydroxyl groups excluding tert-OH is 2. The Morgan fingerprint density at radius 3 is 2.29 bits per heavy atom. The van der Waals surface area contributed by atoms with Gasteiger partial charge in [-0.05, 0) is 92.1 Å². The van der Waals surface area contributed by atoms with Crippen molar-refractivity contribution in [1.82, 2.24) is 0 Å². The zero-order valence-corrected chi connectivity index (χ0v) is 25.5. The van der Waals surface area contributed by atoms with E-state index in [1.165, 1.54) is 4.90 Å². The van der Waals surface area contributed by atoms with Gasteiger partial charge in [-0.3, -0.25) is 14.5 Å². The number of hydrogen-bond acceptors (Lipinski definition) is 6. The van der Waals surface area contributed by atoms with E-state index < -0.39 is 23.9 Å². The van der Waals surface area contributed by atoms with Crippen molar-refractivity contribution in [2.75, 3.05) is 16.8 Å². The van der Waals surface area contributed by atoms with Gasteiger partial charge in [-0.15, -0.1) is 0 Å². The Hall–Kier alpha value is -4.72. The number of carbonyl (C=O) groups is 2. The summed E-state index contributed by atoms with van der Waals surface area (Å²) in [6.45, 7) is 3.58. The normalized spacial score (nSPS) is 20.9. The van der Waals surface area contributed by atoms with Crippen LogP contribution in [0.15, 0.2) is 108 Å². The van der Waals surface area contributed by atoms with Crippen molar-refractivity contribution in [3.8, 4) is 5.75 Å². The fourth-order valence-corrected chi connectivity index (χ4v) is 7.04. The van der Waals surface area contributed by atoms with E-state index in [4.69, 9.17) is 0 Å². The second-order valence-electron chi connectivity index (χ2n) is 12.2. The Morgan fingerprint density at radius 1 is 0.911 bits per heavy atom. The molecule has 1 fully saturated rings. The van der Waals surface area contributed by atoms with Crippen LogP contribution in [-0.4, -0.2) is 39.8 Å². The number of phenols is 1. The number of imide groups is 1. The van der Waals surface area contributed by atoms with Gasteiger partial charge in [0.05, 0.1) is 30.2 Å². The van der Waals surface area contributed by atoms with Gasteiger partial charge in [-0.25, -0.2) is 0 Å². The highest BCUT2D eigenvalue weighted by molar-refractivity contribution is 6.22. The summed E-state index contributed by atoms with van der Waals surface area (Å²) in [6.07, 6.45) is 2.59. The van der Waals surface area contributed by atoms with Crippen LogP contribution in [0, 0.1) is 17.8 Å². The lowest BCUT2D eigenvalue weighted by Gasteiger charge is -2.35. The molecule has 7 nitrogen and oxygen atoms in total. The number of anilines is 3. The Morgan fingerprint density at radius 2 is 1.58 bits per heavy atom. The van der Waals surface area contributed by atoms with Crippen LogP contribution in [0.2, 0.25) is 0 Å². The average Bonchev–Trinajstić information content (AvgIpc) is 3.30. The molecule has 1 heterocycles. The molecule has 230 valence electrons. The van der Waals surface area contributed by atoms with Gasteiger partial charge in [0, 0.05) is 22.7 Å². The molecule has 0 aromatic heterocycles. The van der Waals surface area contributed by atoms with Gasteiger partial charge in [0.15, 0.2) is 0 Å². The van der Waals surface area contributed by atoms with Crippen LogP contribution < -0.4 is 10.2 Å². The molecule has 4 atom stereocenters. The Kier molecular flexibility index (Phi) is 8.57. The number of phenolic OH excluding ortho intramolecular Hbond substituents is 1. The van der Waals surface area contributed by atoms with E-state index in [2.05, 4.69) is 11.4 Å². The largest absolute Gasteiger partial charge is 0.507 e. The maximum atomic E-state index is 13.8. The van der Waals surface area contributed by atoms with Crippen LogP contribution in [0.3, 0.4) is 0 Å². The molecule has 2 amide bonds. The van der Waals surface area contributed by atoms with Crippen molar-refractivity contribution >= 4 is 45.7 Å². The summed E-state index contributed by atoms with van der Waals surface area (Å²) in [6, 6.07) is 28.2. The number of para-hydroxylation sites is 1. The predicted molar refractivity (Wildman–Crippen MR) is 178 cm³/mol. The first kappa shape index (κ1) is 30.3.